The van der Waals surface area contributed by atoms with Crippen molar-refractivity contribution in [1.29, 1.82) is 0 Å². The Morgan fingerprint density at radius 2 is 2.00 bits per heavy atom. The molecule has 1 aromatic carbocycles. The van der Waals surface area contributed by atoms with Crippen LogP contribution in [0.25, 0.3) is 11.3 Å². The van der Waals surface area contributed by atoms with Gasteiger partial charge < -0.3 is 10.1 Å². The molecular formula is C23H22N6O3. The number of aryl methyl sites for hydroxylation is 2. The SMILES string of the molecule is Cc1ccc2c(c1)N1C(=O)CCCCOc3c(cnn3C)-c3cc(ccn3)C(=O)/N=C/1N2. The summed E-state index contributed by atoms with van der Waals surface area (Å²) in [5.41, 5.74) is 4.09. The van der Waals surface area contributed by atoms with E-state index in [2.05, 4.69) is 20.4 Å². The molecule has 1 N–H and O–H groups in total. The van der Waals surface area contributed by atoms with E-state index in [4.69, 9.17) is 4.74 Å². The number of benzene rings is 1. The largest absolute Gasteiger partial charge is 0.477 e. The molecule has 2 amide bonds. The molecule has 4 heterocycles. The molecule has 2 aliphatic heterocycles. The lowest BCUT2D eigenvalue weighted by Gasteiger charge is -2.17. The first-order chi connectivity index (χ1) is 15.5. The minimum absolute atomic E-state index is 0.125. The number of nitrogens with one attached hydrogen (secondary N) is 1. The quantitative estimate of drug-likeness (QED) is 0.587. The molecule has 32 heavy (non-hydrogen) atoms. The third-order valence-electron chi connectivity index (χ3n) is 5.50. The monoisotopic (exact) mass is 430 g/mol. The zero-order valence-electron chi connectivity index (χ0n) is 17.8. The Balaban J connectivity index is 1.59. The molecule has 3 aromatic rings. The average Bonchev–Trinajstić information content (AvgIpc) is 3.32. The summed E-state index contributed by atoms with van der Waals surface area (Å²) in [4.78, 5) is 36.4. The maximum atomic E-state index is 13.1. The van der Waals surface area contributed by atoms with Crippen molar-refractivity contribution in [3.05, 3.63) is 53.9 Å². The van der Waals surface area contributed by atoms with Crippen molar-refractivity contribution in [1.82, 2.24) is 14.8 Å². The Morgan fingerprint density at radius 3 is 2.88 bits per heavy atom. The Kier molecular flexibility index (Phi) is 4.93. The number of rotatable bonds is 0. The second-order valence-electron chi connectivity index (χ2n) is 7.84. The van der Waals surface area contributed by atoms with Crippen molar-refractivity contribution in [2.75, 3.05) is 16.8 Å². The minimum Gasteiger partial charge on any atom is -0.477 e. The van der Waals surface area contributed by atoms with Crippen molar-refractivity contribution < 1.29 is 14.3 Å². The maximum absolute atomic E-state index is 13.1. The second kappa shape index (κ2) is 7.92. The second-order valence-corrected chi connectivity index (χ2v) is 7.84. The van der Waals surface area contributed by atoms with Gasteiger partial charge >= 0.3 is 0 Å². The third-order valence-corrected chi connectivity index (χ3v) is 5.50. The van der Waals surface area contributed by atoms with E-state index in [9.17, 15) is 9.59 Å². The molecule has 0 saturated carbocycles. The van der Waals surface area contributed by atoms with Gasteiger partial charge in [0, 0.05) is 25.2 Å². The number of carbonyl (C=O) groups is 2. The number of hydrogen-bond acceptors (Lipinski definition) is 6. The lowest BCUT2D eigenvalue weighted by molar-refractivity contribution is -0.117. The number of hydrogen-bond donors (Lipinski definition) is 1. The molecule has 9 heteroatoms. The van der Waals surface area contributed by atoms with E-state index in [1.165, 1.54) is 4.90 Å². The molecule has 0 atom stereocenters. The van der Waals surface area contributed by atoms with E-state index in [0.29, 0.717) is 54.3 Å². The van der Waals surface area contributed by atoms with Crippen LogP contribution in [-0.4, -0.2) is 39.1 Å². The van der Waals surface area contributed by atoms with E-state index in [0.717, 1.165) is 11.3 Å². The summed E-state index contributed by atoms with van der Waals surface area (Å²) >= 11 is 0. The molecule has 0 spiro atoms. The van der Waals surface area contributed by atoms with Crippen LogP contribution >= 0.6 is 0 Å². The zero-order chi connectivity index (χ0) is 22.2. The summed E-state index contributed by atoms with van der Waals surface area (Å²) in [7, 11) is 1.79. The van der Waals surface area contributed by atoms with Gasteiger partial charge in [-0.3, -0.25) is 14.6 Å². The molecule has 0 fully saturated rings. The van der Waals surface area contributed by atoms with Gasteiger partial charge in [0.1, 0.15) is 0 Å². The topological polar surface area (TPSA) is 102 Å². The number of aliphatic imine (C=N–C) groups is 1. The summed E-state index contributed by atoms with van der Waals surface area (Å²) in [6.45, 7) is 2.40. The van der Waals surface area contributed by atoms with Gasteiger partial charge in [-0.25, -0.2) is 9.58 Å². The first-order valence-electron chi connectivity index (χ1n) is 10.5. The smallest absolute Gasteiger partial charge is 0.280 e. The number of ether oxygens (including phenoxy) is 1. The molecule has 5 rings (SSSR count). The Hall–Kier alpha value is -4.01. The van der Waals surface area contributed by atoms with Crippen LogP contribution in [0.1, 0.15) is 35.2 Å². The van der Waals surface area contributed by atoms with E-state index in [1.807, 2.05) is 25.1 Å². The molecule has 0 unspecified atom stereocenters. The average molecular weight is 430 g/mol. The number of amides is 2. The number of anilines is 2. The molecule has 0 aliphatic carbocycles. The predicted molar refractivity (Wildman–Crippen MR) is 120 cm³/mol. The first kappa shape index (κ1) is 19.9. The fourth-order valence-electron chi connectivity index (χ4n) is 3.86. The molecule has 0 radical (unpaired) electrons. The van der Waals surface area contributed by atoms with Gasteiger partial charge in [0.25, 0.3) is 5.91 Å². The van der Waals surface area contributed by atoms with Gasteiger partial charge in [0.2, 0.25) is 17.7 Å². The maximum Gasteiger partial charge on any atom is 0.280 e. The van der Waals surface area contributed by atoms with Crippen molar-refractivity contribution in [3.63, 3.8) is 0 Å². The van der Waals surface area contributed by atoms with Crippen LogP contribution < -0.4 is 15.0 Å². The summed E-state index contributed by atoms with van der Waals surface area (Å²) < 4.78 is 7.60. The molecule has 0 saturated heterocycles. The van der Waals surface area contributed by atoms with Crippen LogP contribution in [0.2, 0.25) is 0 Å². The highest BCUT2D eigenvalue weighted by molar-refractivity contribution is 6.29. The number of nitrogens with zero attached hydrogens (tertiary/aromatic N) is 5. The molecule has 162 valence electrons. The summed E-state index contributed by atoms with van der Waals surface area (Å²) in [6, 6.07) is 9.01. The number of aromatic nitrogens is 3. The van der Waals surface area contributed by atoms with E-state index >= 15 is 0 Å². The van der Waals surface area contributed by atoms with E-state index in [-0.39, 0.29) is 11.9 Å². The van der Waals surface area contributed by atoms with Gasteiger partial charge in [-0.15, -0.1) is 0 Å². The van der Waals surface area contributed by atoms with Crippen molar-refractivity contribution in [3.8, 4) is 17.1 Å². The van der Waals surface area contributed by atoms with Gasteiger partial charge in [-0.1, -0.05) is 6.07 Å². The minimum atomic E-state index is -0.472. The summed E-state index contributed by atoms with van der Waals surface area (Å²) in [5, 5.41) is 7.39. The normalized spacial score (nSPS) is 17.7. The van der Waals surface area contributed by atoms with E-state index < -0.39 is 5.91 Å². The lowest BCUT2D eigenvalue weighted by atomic mass is 10.1. The Morgan fingerprint density at radius 1 is 1.12 bits per heavy atom. The highest BCUT2D eigenvalue weighted by Gasteiger charge is 2.31. The highest BCUT2D eigenvalue weighted by atomic mass is 16.5. The van der Waals surface area contributed by atoms with Crippen molar-refractivity contribution >= 4 is 29.1 Å². The Bertz CT molecular complexity index is 1260. The number of carbonyl (C=O) groups excluding carboxylic acids is 2. The molecule has 2 aromatic heterocycles. The van der Waals surface area contributed by atoms with Gasteiger partial charge in [0.05, 0.1) is 35.4 Å². The molecule has 2 bridgehead atoms. The van der Waals surface area contributed by atoms with Crippen LogP contribution in [0.3, 0.4) is 0 Å². The number of fused-ring (bicyclic) bond motifs is 7. The standard InChI is InChI=1S/C23H22N6O3/c1-14-6-7-17-19(11-14)29-20(30)5-3-4-10-32-22-16(13-25-28(22)2)18-12-15(8-9-24-18)21(31)27-23(29)26-17/h6-9,11-13H,3-5,10H2,1-2H3,(H,26,27,31). The van der Waals surface area contributed by atoms with Gasteiger partial charge in [-0.2, -0.15) is 10.1 Å². The van der Waals surface area contributed by atoms with Crippen molar-refractivity contribution in [2.45, 2.75) is 26.2 Å². The van der Waals surface area contributed by atoms with Gasteiger partial charge in [-0.05, 0) is 49.6 Å². The number of pyridine rings is 1. The van der Waals surface area contributed by atoms with Gasteiger partial charge in [0.15, 0.2) is 0 Å². The Labute approximate surface area is 184 Å². The van der Waals surface area contributed by atoms with E-state index in [1.54, 1.807) is 36.3 Å². The molecule has 9 nitrogen and oxygen atoms in total. The summed E-state index contributed by atoms with van der Waals surface area (Å²) in [6.07, 6.45) is 4.85. The lowest BCUT2D eigenvalue weighted by Crippen LogP contribution is -2.37. The van der Waals surface area contributed by atoms with Crippen molar-refractivity contribution in [2.24, 2.45) is 12.0 Å². The van der Waals surface area contributed by atoms with Crippen LogP contribution in [-0.2, 0) is 11.8 Å². The van der Waals surface area contributed by atoms with Crippen LogP contribution in [0.15, 0.2) is 47.7 Å². The predicted octanol–water partition coefficient (Wildman–Crippen LogP) is 3.31. The fraction of sp³-hybridized carbons (Fsp3) is 0.261. The third kappa shape index (κ3) is 3.51. The fourth-order valence-corrected chi connectivity index (χ4v) is 3.86. The molecular weight excluding hydrogens is 408 g/mol. The first-order valence-corrected chi connectivity index (χ1v) is 10.5. The summed E-state index contributed by atoms with van der Waals surface area (Å²) in [5.74, 6) is 0.188. The molecule has 2 aliphatic rings. The number of guanidine groups is 1. The zero-order valence-corrected chi connectivity index (χ0v) is 17.8. The van der Waals surface area contributed by atoms with Crippen LogP contribution in [0.4, 0.5) is 11.4 Å². The van der Waals surface area contributed by atoms with Crippen LogP contribution in [0.5, 0.6) is 5.88 Å². The van der Waals surface area contributed by atoms with Crippen LogP contribution in [0, 0.1) is 6.92 Å². The highest BCUT2D eigenvalue weighted by Crippen LogP contribution is 2.34.